The van der Waals surface area contributed by atoms with Gasteiger partial charge in [-0.05, 0) is 23.6 Å². The molecule has 0 bridgehead atoms. The van der Waals surface area contributed by atoms with Crippen LogP contribution in [0.15, 0.2) is 40.2 Å². The van der Waals surface area contributed by atoms with Gasteiger partial charge in [0.15, 0.2) is 0 Å². The highest BCUT2D eigenvalue weighted by Gasteiger charge is 2.26. The first-order valence-electron chi connectivity index (χ1n) is 6.69. The molecule has 0 radical (unpaired) electrons. The van der Waals surface area contributed by atoms with Crippen molar-refractivity contribution in [3.05, 3.63) is 56.4 Å². The molecule has 0 amide bonds. The zero-order valence-electron chi connectivity index (χ0n) is 11.4. The quantitative estimate of drug-likeness (QED) is 0.848. The van der Waals surface area contributed by atoms with Crippen LogP contribution in [0.2, 0.25) is 0 Å². The molecule has 3 rings (SSSR count). The van der Waals surface area contributed by atoms with Crippen LogP contribution in [0.3, 0.4) is 0 Å². The highest BCUT2D eigenvalue weighted by Crippen LogP contribution is 2.34. The molecule has 6 heteroatoms. The van der Waals surface area contributed by atoms with Crippen LogP contribution in [-0.4, -0.2) is 31.1 Å². The van der Waals surface area contributed by atoms with E-state index in [-0.39, 0.29) is 24.3 Å². The van der Waals surface area contributed by atoms with Gasteiger partial charge in [0.2, 0.25) is 0 Å². The molecule has 0 unspecified atom stereocenters. The lowest BCUT2D eigenvalue weighted by Gasteiger charge is -2.35. The first-order valence-corrected chi connectivity index (χ1v) is 8.36. The number of benzene rings is 1. The van der Waals surface area contributed by atoms with Gasteiger partial charge in [0.1, 0.15) is 5.82 Å². The first kappa shape index (κ1) is 16.9. The van der Waals surface area contributed by atoms with Gasteiger partial charge in [-0.1, -0.05) is 28.1 Å². The summed E-state index contributed by atoms with van der Waals surface area (Å²) in [7, 11) is 0. The summed E-state index contributed by atoms with van der Waals surface area (Å²) in [6.45, 7) is 3.80. The summed E-state index contributed by atoms with van der Waals surface area (Å²) < 4.78 is 15.2. The lowest BCUT2D eigenvalue weighted by Crippen LogP contribution is -2.45. The Morgan fingerprint density at radius 1 is 1.24 bits per heavy atom. The molecule has 1 saturated heterocycles. The van der Waals surface area contributed by atoms with Crippen molar-refractivity contribution in [1.82, 2.24) is 10.2 Å². The topological polar surface area (TPSA) is 15.3 Å². The van der Waals surface area contributed by atoms with Crippen LogP contribution in [0.25, 0.3) is 0 Å². The number of piperazine rings is 1. The summed E-state index contributed by atoms with van der Waals surface area (Å²) in [6.07, 6.45) is 0. The molecule has 2 aromatic rings. The van der Waals surface area contributed by atoms with Crippen LogP contribution in [0.4, 0.5) is 4.39 Å². The second-order valence-corrected chi connectivity index (χ2v) is 6.76. The van der Waals surface area contributed by atoms with Gasteiger partial charge in [0.25, 0.3) is 0 Å². The van der Waals surface area contributed by atoms with Gasteiger partial charge in [0, 0.05) is 41.1 Å². The molecule has 1 fully saturated rings. The third-order valence-electron chi connectivity index (χ3n) is 3.59. The normalized spacial score (nSPS) is 17.2. The van der Waals surface area contributed by atoms with E-state index in [9.17, 15) is 4.39 Å². The number of thiophene rings is 1. The number of halogens is 3. The van der Waals surface area contributed by atoms with E-state index in [2.05, 4.69) is 37.6 Å². The maximum absolute atomic E-state index is 14.4. The maximum Gasteiger partial charge on any atom is 0.129 e. The molecular formula is C15H17BrClFN2S. The van der Waals surface area contributed by atoms with Gasteiger partial charge in [-0.15, -0.1) is 23.7 Å². The van der Waals surface area contributed by atoms with Crippen molar-refractivity contribution in [2.24, 2.45) is 0 Å². The van der Waals surface area contributed by atoms with Crippen LogP contribution in [-0.2, 0) is 0 Å². The van der Waals surface area contributed by atoms with Gasteiger partial charge >= 0.3 is 0 Å². The molecule has 0 aliphatic carbocycles. The third-order valence-corrected chi connectivity index (χ3v) is 5.00. The van der Waals surface area contributed by atoms with Crippen molar-refractivity contribution < 1.29 is 4.39 Å². The summed E-state index contributed by atoms with van der Waals surface area (Å²) in [6, 6.07) is 9.51. The fourth-order valence-corrected chi connectivity index (χ4v) is 3.85. The van der Waals surface area contributed by atoms with Gasteiger partial charge in [-0.2, -0.15) is 0 Å². The fraction of sp³-hybridized carbons (Fsp3) is 0.333. The number of hydrogen-bond donors (Lipinski definition) is 1. The highest BCUT2D eigenvalue weighted by atomic mass is 79.9. The van der Waals surface area contributed by atoms with E-state index < -0.39 is 0 Å². The number of nitrogens with one attached hydrogen (secondary N) is 1. The summed E-state index contributed by atoms with van der Waals surface area (Å²) in [5.41, 5.74) is 0.762. The lowest BCUT2D eigenvalue weighted by molar-refractivity contribution is 0.197. The minimum atomic E-state index is -0.142. The Balaban J connectivity index is 0.00000161. The van der Waals surface area contributed by atoms with Crippen molar-refractivity contribution in [2.45, 2.75) is 6.04 Å². The average Bonchev–Trinajstić information content (AvgIpc) is 2.97. The summed E-state index contributed by atoms with van der Waals surface area (Å²) in [5, 5.41) is 5.41. The average molecular weight is 392 g/mol. The molecule has 1 atom stereocenters. The van der Waals surface area contributed by atoms with Crippen molar-refractivity contribution in [3.8, 4) is 0 Å². The van der Waals surface area contributed by atoms with E-state index in [1.165, 1.54) is 4.88 Å². The largest absolute Gasteiger partial charge is 0.314 e. The Hall–Kier alpha value is -0.460. The second-order valence-electron chi connectivity index (χ2n) is 4.87. The van der Waals surface area contributed by atoms with Gasteiger partial charge in [-0.3, -0.25) is 4.90 Å². The molecule has 1 N–H and O–H groups in total. The van der Waals surface area contributed by atoms with Crippen molar-refractivity contribution in [2.75, 3.05) is 26.2 Å². The van der Waals surface area contributed by atoms with E-state index in [0.29, 0.717) is 0 Å². The van der Waals surface area contributed by atoms with Gasteiger partial charge in [-0.25, -0.2) is 4.39 Å². The van der Waals surface area contributed by atoms with Crippen molar-refractivity contribution in [1.29, 1.82) is 0 Å². The minimum Gasteiger partial charge on any atom is -0.314 e. The van der Waals surface area contributed by atoms with E-state index in [4.69, 9.17) is 0 Å². The number of rotatable bonds is 3. The number of hydrogen-bond acceptors (Lipinski definition) is 3. The van der Waals surface area contributed by atoms with Gasteiger partial charge < -0.3 is 5.32 Å². The molecule has 0 spiro atoms. The SMILES string of the molecule is Cl.Fc1cc(Br)ccc1[C@@H](c1cccs1)N1CCNCC1. The van der Waals surface area contributed by atoms with Crippen molar-refractivity contribution in [3.63, 3.8) is 0 Å². The Labute approximate surface area is 142 Å². The van der Waals surface area contributed by atoms with E-state index in [1.54, 1.807) is 17.4 Å². The molecular weight excluding hydrogens is 375 g/mol. The smallest absolute Gasteiger partial charge is 0.129 e. The Bertz CT molecular complexity index is 573. The van der Waals surface area contributed by atoms with E-state index >= 15 is 0 Å². The minimum absolute atomic E-state index is 0. The lowest BCUT2D eigenvalue weighted by atomic mass is 10.0. The first-order chi connectivity index (χ1) is 9.75. The van der Waals surface area contributed by atoms with Crippen LogP contribution >= 0.6 is 39.7 Å². The molecule has 21 heavy (non-hydrogen) atoms. The molecule has 1 aliphatic rings. The predicted molar refractivity (Wildman–Crippen MR) is 92.0 cm³/mol. The van der Waals surface area contributed by atoms with Crippen LogP contribution in [0.1, 0.15) is 16.5 Å². The second kappa shape index (κ2) is 7.70. The van der Waals surface area contributed by atoms with E-state index in [1.807, 2.05) is 18.2 Å². The third kappa shape index (κ3) is 3.85. The Morgan fingerprint density at radius 2 is 2.00 bits per heavy atom. The van der Waals surface area contributed by atoms with Crippen LogP contribution < -0.4 is 5.32 Å². The number of nitrogens with zero attached hydrogens (tertiary/aromatic N) is 1. The predicted octanol–water partition coefficient (Wildman–Crippen LogP) is 4.07. The Morgan fingerprint density at radius 3 is 2.62 bits per heavy atom. The van der Waals surface area contributed by atoms with Crippen LogP contribution in [0.5, 0.6) is 0 Å². The summed E-state index contributed by atoms with van der Waals surface area (Å²) >= 11 is 5.02. The molecule has 1 aromatic carbocycles. The molecule has 2 nitrogen and oxygen atoms in total. The molecule has 2 heterocycles. The molecule has 114 valence electrons. The molecule has 0 saturated carbocycles. The standard InChI is InChI=1S/C15H16BrFN2S.ClH/c16-11-3-4-12(13(17)10-11)15(14-2-1-9-20-14)19-7-5-18-6-8-19;/h1-4,9-10,15,18H,5-8H2;1H/t15-;/m0./s1. The Kier molecular flexibility index (Phi) is 6.20. The van der Waals surface area contributed by atoms with E-state index in [0.717, 1.165) is 36.2 Å². The zero-order valence-corrected chi connectivity index (χ0v) is 14.6. The van der Waals surface area contributed by atoms with Crippen LogP contribution in [0, 0.1) is 5.82 Å². The van der Waals surface area contributed by atoms with Gasteiger partial charge in [0.05, 0.1) is 6.04 Å². The molecule has 1 aromatic heterocycles. The highest BCUT2D eigenvalue weighted by molar-refractivity contribution is 9.10. The van der Waals surface area contributed by atoms with Crippen molar-refractivity contribution >= 4 is 39.7 Å². The fourth-order valence-electron chi connectivity index (χ4n) is 2.64. The monoisotopic (exact) mass is 390 g/mol. The summed E-state index contributed by atoms with van der Waals surface area (Å²) in [5.74, 6) is -0.142. The summed E-state index contributed by atoms with van der Waals surface area (Å²) in [4.78, 5) is 3.56. The molecule has 1 aliphatic heterocycles. The zero-order chi connectivity index (χ0) is 13.9. The maximum atomic E-state index is 14.4.